The highest BCUT2D eigenvalue weighted by molar-refractivity contribution is 5.92. The van der Waals surface area contributed by atoms with Crippen molar-refractivity contribution in [1.82, 2.24) is 20.3 Å². The summed E-state index contributed by atoms with van der Waals surface area (Å²) in [5, 5.41) is 12.9. The summed E-state index contributed by atoms with van der Waals surface area (Å²) in [4.78, 5) is 22.8. The number of aryl methyl sites for hydroxylation is 1. The van der Waals surface area contributed by atoms with Crippen molar-refractivity contribution in [2.45, 2.75) is 13.5 Å². The number of carbonyl (C=O) groups is 2. The van der Waals surface area contributed by atoms with Crippen LogP contribution < -0.4 is 10.6 Å². The van der Waals surface area contributed by atoms with Crippen molar-refractivity contribution in [3.05, 3.63) is 41.7 Å². The average molecular weight is 273 g/mol. The molecule has 0 spiro atoms. The van der Waals surface area contributed by atoms with Gasteiger partial charge in [0.15, 0.2) is 5.69 Å². The van der Waals surface area contributed by atoms with E-state index in [9.17, 15) is 9.59 Å². The average Bonchev–Trinajstić information content (AvgIpc) is 2.82. The fourth-order valence-electron chi connectivity index (χ4n) is 1.69. The van der Waals surface area contributed by atoms with Crippen LogP contribution in [0.1, 0.15) is 23.0 Å². The maximum absolute atomic E-state index is 11.8. The molecule has 2 rings (SSSR count). The lowest BCUT2D eigenvalue weighted by Gasteiger charge is -2.06. The van der Waals surface area contributed by atoms with Gasteiger partial charge in [0.1, 0.15) is 0 Å². The number of hydrogen-bond acceptors (Lipinski definition) is 4. The topological polar surface area (TPSA) is 88.9 Å². The van der Waals surface area contributed by atoms with Gasteiger partial charge in [0.05, 0.1) is 6.20 Å². The van der Waals surface area contributed by atoms with Crippen molar-refractivity contribution >= 4 is 17.5 Å². The minimum Gasteiger partial charge on any atom is -0.347 e. The molecule has 2 N–H and O–H groups in total. The van der Waals surface area contributed by atoms with Crippen molar-refractivity contribution in [3.8, 4) is 0 Å². The summed E-state index contributed by atoms with van der Waals surface area (Å²) in [5.41, 5.74) is 1.85. The number of nitrogens with zero attached hydrogens (tertiary/aromatic N) is 3. The maximum atomic E-state index is 11.8. The Bertz CT molecular complexity index is 635. The van der Waals surface area contributed by atoms with Crippen LogP contribution in [0.15, 0.2) is 30.5 Å². The van der Waals surface area contributed by atoms with Gasteiger partial charge >= 0.3 is 0 Å². The van der Waals surface area contributed by atoms with Gasteiger partial charge in [-0.25, -0.2) is 0 Å². The third-order valence-electron chi connectivity index (χ3n) is 2.54. The molecular weight excluding hydrogens is 258 g/mol. The number of benzene rings is 1. The Kier molecular flexibility index (Phi) is 4.09. The third kappa shape index (κ3) is 3.64. The molecule has 0 radical (unpaired) electrons. The van der Waals surface area contributed by atoms with E-state index in [1.165, 1.54) is 11.6 Å². The SMILES string of the molecule is CC(=O)Nc1cccc(CNC(=O)c2cn(C)nn2)c1. The maximum Gasteiger partial charge on any atom is 0.273 e. The summed E-state index contributed by atoms with van der Waals surface area (Å²) in [7, 11) is 1.70. The Morgan fingerprint density at radius 3 is 2.80 bits per heavy atom. The zero-order chi connectivity index (χ0) is 14.5. The lowest BCUT2D eigenvalue weighted by atomic mass is 10.2. The van der Waals surface area contributed by atoms with Crippen molar-refractivity contribution < 1.29 is 9.59 Å². The van der Waals surface area contributed by atoms with Crippen LogP contribution in [0.4, 0.5) is 5.69 Å². The summed E-state index contributed by atoms with van der Waals surface area (Å²) in [6.07, 6.45) is 1.54. The molecule has 0 unspecified atom stereocenters. The van der Waals surface area contributed by atoms with Crippen LogP contribution in [0.2, 0.25) is 0 Å². The van der Waals surface area contributed by atoms with Gasteiger partial charge in [-0.05, 0) is 17.7 Å². The second-order valence-corrected chi connectivity index (χ2v) is 4.34. The van der Waals surface area contributed by atoms with E-state index in [2.05, 4.69) is 20.9 Å². The molecule has 2 aromatic rings. The Morgan fingerprint density at radius 1 is 1.35 bits per heavy atom. The summed E-state index contributed by atoms with van der Waals surface area (Å²) >= 11 is 0. The number of aromatic nitrogens is 3. The second kappa shape index (κ2) is 5.96. The van der Waals surface area contributed by atoms with Crippen LogP contribution in [0.3, 0.4) is 0 Å². The van der Waals surface area contributed by atoms with Gasteiger partial charge in [-0.2, -0.15) is 0 Å². The predicted octanol–water partition coefficient (Wildman–Crippen LogP) is 0.703. The Labute approximate surface area is 116 Å². The number of amides is 2. The molecule has 0 atom stereocenters. The molecule has 2 amide bonds. The third-order valence-corrected chi connectivity index (χ3v) is 2.54. The fraction of sp³-hybridized carbons (Fsp3) is 0.231. The van der Waals surface area contributed by atoms with E-state index in [-0.39, 0.29) is 17.5 Å². The van der Waals surface area contributed by atoms with Gasteiger partial charge in [0.2, 0.25) is 5.91 Å². The summed E-state index contributed by atoms with van der Waals surface area (Å²) in [6, 6.07) is 7.27. The van der Waals surface area contributed by atoms with Gasteiger partial charge in [-0.3, -0.25) is 14.3 Å². The van der Waals surface area contributed by atoms with Crippen LogP contribution >= 0.6 is 0 Å². The molecule has 0 aliphatic carbocycles. The number of carbonyl (C=O) groups excluding carboxylic acids is 2. The Hall–Kier alpha value is -2.70. The quantitative estimate of drug-likeness (QED) is 0.858. The van der Waals surface area contributed by atoms with Crippen molar-refractivity contribution in [1.29, 1.82) is 0 Å². The lowest BCUT2D eigenvalue weighted by Crippen LogP contribution is -2.23. The summed E-state index contributed by atoms with van der Waals surface area (Å²) in [6.45, 7) is 1.80. The normalized spacial score (nSPS) is 10.1. The fourth-order valence-corrected chi connectivity index (χ4v) is 1.69. The van der Waals surface area contributed by atoms with Gasteiger partial charge in [0.25, 0.3) is 5.91 Å². The zero-order valence-electron chi connectivity index (χ0n) is 11.3. The van der Waals surface area contributed by atoms with E-state index in [1.807, 2.05) is 12.1 Å². The molecule has 104 valence electrons. The van der Waals surface area contributed by atoms with Gasteiger partial charge in [-0.1, -0.05) is 17.3 Å². The molecule has 0 fully saturated rings. The Balaban J connectivity index is 1.97. The number of hydrogen-bond donors (Lipinski definition) is 2. The molecule has 20 heavy (non-hydrogen) atoms. The number of nitrogens with one attached hydrogen (secondary N) is 2. The van der Waals surface area contributed by atoms with Crippen LogP contribution in [0, 0.1) is 0 Å². The highest BCUT2D eigenvalue weighted by Crippen LogP contribution is 2.10. The second-order valence-electron chi connectivity index (χ2n) is 4.34. The first-order chi connectivity index (χ1) is 9.54. The van der Waals surface area contributed by atoms with E-state index in [0.717, 1.165) is 5.56 Å². The number of anilines is 1. The first-order valence-corrected chi connectivity index (χ1v) is 6.05. The molecule has 7 heteroatoms. The van der Waals surface area contributed by atoms with Gasteiger partial charge in [0, 0.05) is 26.2 Å². The van der Waals surface area contributed by atoms with Crippen LogP contribution in [-0.4, -0.2) is 26.8 Å². The predicted molar refractivity (Wildman–Crippen MR) is 72.9 cm³/mol. The Morgan fingerprint density at radius 2 is 2.15 bits per heavy atom. The summed E-state index contributed by atoms with van der Waals surface area (Å²) < 4.78 is 1.46. The lowest BCUT2D eigenvalue weighted by molar-refractivity contribution is -0.114. The van der Waals surface area contributed by atoms with E-state index in [1.54, 1.807) is 25.4 Å². The van der Waals surface area contributed by atoms with E-state index < -0.39 is 0 Å². The largest absolute Gasteiger partial charge is 0.347 e. The molecule has 0 aliphatic rings. The monoisotopic (exact) mass is 273 g/mol. The summed E-state index contributed by atoms with van der Waals surface area (Å²) in [5.74, 6) is -0.422. The molecule has 7 nitrogen and oxygen atoms in total. The highest BCUT2D eigenvalue weighted by atomic mass is 16.2. The minimum absolute atomic E-state index is 0.134. The van der Waals surface area contributed by atoms with Gasteiger partial charge in [-0.15, -0.1) is 5.10 Å². The van der Waals surface area contributed by atoms with E-state index in [0.29, 0.717) is 12.2 Å². The number of rotatable bonds is 4. The molecule has 0 aliphatic heterocycles. The zero-order valence-corrected chi connectivity index (χ0v) is 11.3. The van der Waals surface area contributed by atoms with Crippen molar-refractivity contribution in [2.75, 3.05) is 5.32 Å². The van der Waals surface area contributed by atoms with Gasteiger partial charge < -0.3 is 10.6 Å². The molecule has 1 heterocycles. The van der Waals surface area contributed by atoms with E-state index in [4.69, 9.17) is 0 Å². The molecule has 1 aromatic carbocycles. The highest BCUT2D eigenvalue weighted by Gasteiger charge is 2.09. The molecular formula is C13H15N5O2. The first-order valence-electron chi connectivity index (χ1n) is 6.05. The smallest absolute Gasteiger partial charge is 0.273 e. The van der Waals surface area contributed by atoms with Crippen LogP contribution in [0.25, 0.3) is 0 Å². The molecule has 1 aromatic heterocycles. The molecule has 0 saturated heterocycles. The first kappa shape index (κ1) is 13.7. The molecule has 0 saturated carbocycles. The van der Waals surface area contributed by atoms with E-state index >= 15 is 0 Å². The van der Waals surface area contributed by atoms with Crippen LogP contribution in [-0.2, 0) is 18.4 Å². The minimum atomic E-state index is -0.289. The van der Waals surface area contributed by atoms with Crippen molar-refractivity contribution in [2.24, 2.45) is 7.05 Å². The van der Waals surface area contributed by atoms with Crippen molar-refractivity contribution in [3.63, 3.8) is 0 Å². The molecule has 0 bridgehead atoms. The van der Waals surface area contributed by atoms with Crippen LogP contribution in [0.5, 0.6) is 0 Å². The standard InChI is InChI=1S/C13H15N5O2/c1-9(19)15-11-5-3-4-10(6-11)7-14-13(20)12-8-18(2)17-16-12/h3-6,8H,7H2,1-2H3,(H,14,20)(H,15,19).